The Bertz CT molecular complexity index is 833. The lowest BCUT2D eigenvalue weighted by molar-refractivity contribution is -0.121. The summed E-state index contributed by atoms with van der Waals surface area (Å²) in [5, 5.41) is 5.67. The molecule has 2 N–H and O–H groups in total. The molecule has 0 aliphatic carbocycles. The molecule has 32 heavy (non-hydrogen) atoms. The molecular formula is C26H35N3O3. The highest BCUT2D eigenvalue weighted by Gasteiger charge is 2.10. The van der Waals surface area contributed by atoms with Crippen molar-refractivity contribution in [1.29, 1.82) is 0 Å². The van der Waals surface area contributed by atoms with Crippen LogP contribution in [0.25, 0.3) is 0 Å². The first kappa shape index (κ1) is 23.8. The number of nitrogens with zero attached hydrogens (tertiary/aromatic N) is 1. The lowest BCUT2D eigenvalue weighted by Crippen LogP contribution is -2.27. The van der Waals surface area contributed by atoms with Gasteiger partial charge in [0.1, 0.15) is 6.61 Å². The van der Waals surface area contributed by atoms with Crippen LogP contribution >= 0.6 is 0 Å². The molecule has 1 saturated heterocycles. The number of rotatable bonds is 10. The van der Waals surface area contributed by atoms with Gasteiger partial charge in [0, 0.05) is 26.1 Å². The molecule has 1 heterocycles. The third kappa shape index (κ3) is 9.10. The summed E-state index contributed by atoms with van der Waals surface area (Å²) >= 11 is 0. The van der Waals surface area contributed by atoms with Crippen LogP contribution in [0.15, 0.2) is 54.6 Å². The average molecular weight is 438 g/mol. The summed E-state index contributed by atoms with van der Waals surface area (Å²) in [5.74, 6) is -0.0117. The van der Waals surface area contributed by atoms with Gasteiger partial charge in [-0.25, -0.2) is 4.79 Å². The number of benzene rings is 2. The van der Waals surface area contributed by atoms with Gasteiger partial charge in [-0.3, -0.25) is 9.69 Å². The fourth-order valence-corrected chi connectivity index (χ4v) is 3.89. The maximum atomic E-state index is 12.1. The normalized spacial score (nSPS) is 14.4. The van der Waals surface area contributed by atoms with Gasteiger partial charge in [0.2, 0.25) is 5.91 Å². The summed E-state index contributed by atoms with van der Waals surface area (Å²) in [6.07, 6.45) is 5.73. The van der Waals surface area contributed by atoms with Gasteiger partial charge in [0.05, 0.1) is 0 Å². The summed E-state index contributed by atoms with van der Waals surface area (Å²) in [5.41, 5.74) is 3.36. The number of carbonyl (C=O) groups is 2. The third-order valence-corrected chi connectivity index (χ3v) is 5.65. The number of hydrogen-bond acceptors (Lipinski definition) is 4. The van der Waals surface area contributed by atoms with E-state index in [1.54, 1.807) is 0 Å². The number of ether oxygens (including phenoxy) is 1. The van der Waals surface area contributed by atoms with E-state index in [1.165, 1.54) is 44.3 Å². The molecule has 0 saturated carbocycles. The Kier molecular flexibility index (Phi) is 10.1. The minimum Gasteiger partial charge on any atom is -0.445 e. The second-order valence-electron chi connectivity index (χ2n) is 8.38. The smallest absolute Gasteiger partial charge is 0.407 e. The van der Waals surface area contributed by atoms with Gasteiger partial charge >= 0.3 is 6.09 Å². The van der Waals surface area contributed by atoms with Crippen molar-refractivity contribution >= 4 is 12.0 Å². The monoisotopic (exact) mass is 437 g/mol. The second-order valence-corrected chi connectivity index (χ2v) is 8.38. The predicted octanol–water partition coefficient (Wildman–Crippen LogP) is 4.39. The molecule has 0 spiro atoms. The first-order valence-electron chi connectivity index (χ1n) is 11.7. The van der Waals surface area contributed by atoms with E-state index in [4.69, 9.17) is 4.74 Å². The Morgan fingerprint density at radius 2 is 1.56 bits per heavy atom. The van der Waals surface area contributed by atoms with Crippen LogP contribution in [-0.2, 0) is 29.2 Å². The van der Waals surface area contributed by atoms with Gasteiger partial charge in [-0.05, 0) is 49.0 Å². The van der Waals surface area contributed by atoms with Crippen molar-refractivity contribution in [3.05, 3.63) is 71.3 Å². The zero-order valence-corrected chi connectivity index (χ0v) is 18.9. The summed E-state index contributed by atoms with van der Waals surface area (Å²) in [6, 6.07) is 18.0. The highest BCUT2D eigenvalue weighted by atomic mass is 16.5. The molecule has 2 aromatic carbocycles. The van der Waals surface area contributed by atoms with Gasteiger partial charge in [0.15, 0.2) is 0 Å². The molecule has 6 nitrogen and oxygen atoms in total. The maximum Gasteiger partial charge on any atom is 0.407 e. The van der Waals surface area contributed by atoms with Gasteiger partial charge in [-0.1, -0.05) is 67.4 Å². The molecule has 2 amide bonds. The molecule has 2 aromatic rings. The number of alkyl carbamates (subject to hydrolysis) is 1. The Balaban J connectivity index is 1.28. The van der Waals surface area contributed by atoms with Gasteiger partial charge in [-0.15, -0.1) is 0 Å². The van der Waals surface area contributed by atoms with E-state index in [-0.39, 0.29) is 12.5 Å². The summed E-state index contributed by atoms with van der Waals surface area (Å²) in [4.78, 5) is 26.4. The molecule has 172 valence electrons. The van der Waals surface area contributed by atoms with Crippen LogP contribution in [0.2, 0.25) is 0 Å². The third-order valence-electron chi connectivity index (χ3n) is 5.65. The van der Waals surface area contributed by atoms with Crippen LogP contribution in [0.4, 0.5) is 4.79 Å². The molecule has 0 atom stereocenters. The van der Waals surface area contributed by atoms with Crippen LogP contribution in [0.3, 0.4) is 0 Å². The highest BCUT2D eigenvalue weighted by molar-refractivity contribution is 5.76. The lowest BCUT2D eigenvalue weighted by Gasteiger charge is -2.20. The fourth-order valence-electron chi connectivity index (χ4n) is 3.89. The van der Waals surface area contributed by atoms with E-state index in [9.17, 15) is 9.59 Å². The molecule has 6 heteroatoms. The maximum absolute atomic E-state index is 12.1. The number of hydrogen-bond donors (Lipinski definition) is 2. The van der Waals surface area contributed by atoms with Crippen LogP contribution in [0.5, 0.6) is 0 Å². The number of nitrogens with one attached hydrogen (secondary N) is 2. The standard InChI is InChI=1S/C26H35N3O3/c30-25(14-9-15-27-26(31)32-21-22-10-4-3-5-11-22)28-19-23-12-8-13-24(18-23)20-29-16-6-1-2-7-17-29/h3-5,8,10-13,18H,1-2,6-7,9,14-17,19-21H2,(H,27,31)(H,28,30). The van der Waals surface area contributed by atoms with Crippen LogP contribution < -0.4 is 10.6 Å². The van der Waals surface area contributed by atoms with E-state index in [2.05, 4.69) is 39.8 Å². The Labute approximate surface area is 191 Å². The van der Waals surface area contributed by atoms with Crippen LogP contribution in [0.1, 0.15) is 55.2 Å². The van der Waals surface area contributed by atoms with Crippen molar-refractivity contribution in [2.45, 2.75) is 58.2 Å². The van der Waals surface area contributed by atoms with E-state index in [0.29, 0.717) is 25.9 Å². The molecule has 1 aliphatic rings. The van der Waals surface area contributed by atoms with Crippen molar-refractivity contribution in [3.63, 3.8) is 0 Å². The number of likely N-dealkylation sites (tertiary alicyclic amines) is 1. The first-order chi connectivity index (χ1) is 15.7. The van der Waals surface area contributed by atoms with Crippen molar-refractivity contribution < 1.29 is 14.3 Å². The fraction of sp³-hybridized carbons (Fsp3) is 0.462. The molecule has 0 radical (unpaired) electrons. The zero-order chi connectivity index (χ0) is 22.4. The topological polar surface area (TPSA) is 70.7 Å². The molecule has 0 bridgehead atoms. The Hall–Kier alpha value is -2.86. The Morgan fingerprint density at radius 3 is 2.34 bits per heavy atom. The molecule has 0 unspecified atom stereocenters. The van der Waals surface area contributed by atoms with Gasteiger partial charge < -0.3 is 15.4 Å². The first-order valence-corrected chi connectivity index (χ1v) is 11.7. The van der Waals surface area contributed by atoms with Crippen LogP contribution in [-0.4, -0.2) is 36.5 Å². The lowest BCUT2D eigenvalue weighted by atomic mass is 10.1. The van der Waals surface area contributed by atoms with Crippen molar-refractivity contribution in [1.82, 2.24) is 15.5 Å². The Morgan fingerprint density at radius 1 is 0.844 bits per heavy atom. The highest BCUT2D eigenvalue weighted by Crippen LogP contribution is 2.14. The van der Waals surface area contributed by atoms with Gasteiger partial charge in [-0.2, -0.15) is 0 Å². The SMILES string of the molecule is O=C(CCCNC(=O)OCc1ccccc1)NCc1cccc(CN2CCCCCC2)c1. The second kappa shape index (κ2) is 13.5. The molecule has 1 aliphatic heterocycles. The van der Waals surface area contributed by atoms with Crippen molar-refractivity contribution in [3.8, 4) is 0 Å². The number of carbonyl (C=O) groups excluding carboxylic acids is 2. The summed E-state index contributed by atoms with van der Waals surface area (Å²) < 4.78 is 5.16. The molecule has 1 fully saturated rings. The van der Waals surface area contributed by atoms with E-state index in [0.717, 1.165) is 17.7 Å². The van der Waals surface area contributed by atoms with E-state index >= 15 is 0 Å². The predicted molar refractivity (Wildman–Crippen MR) is 126 cm³/mol. The van der Waals surface area contributed by atoms with Crippen molar-refractivity contribution in [2.24, 2.45) is 0 Å². The van der Waals surface area contributed by atoms with Crippen LogP contribution in [0, 0.1) is 0 Å². The van der Waals surface area contributed by atoms with E-state index in [1.807, 2.05) is 30.3 Å². The molecule has 0 aromatic heterocycles. The quantitative estimate of drug-likeness (QED) is 0.541. The summed E-state index contributed by atoms with van der Waals surface area (Å²) in [7, 11) is 0. The minimum atomic E-state index is -0.463. The molecular weight excluding hydrogens is 402 g/mol. The number of amides is 2. The average Bonchev–Trinajstić information content (AvgIpc) is 3.09. The zero-order valence-electron chi connectivity index (χ0n) is 18.9. The minimum absolute atomic E-state index is 0.0117. The summed E-state index contributed by atoms with van der Waals surface area (Å²) in [6.45, 7) is 4.51. The van der Waals surface area contributed by atoms with Crippen molar-refractivity contribution in [2.75, 3.05) is 19.6 Å². The van der Waals surface area contributed by atoms with Gasteiger partial charge in [0.25, 0.3) is 0 Å². The largest absolute Gasteiger partial charge is 0.445 e. The van der Waals surface area contributed by atoms with E-state index < -0.39 is 6.09 Å². The molecule has 3 rings (SSSR count).